The first-order valence-electron chi connectivity index (χ1n) is 11.6. The number of hydrogen-bond donors (Lipinski definition) is 0. The topological polar surface area (TPSA) is 49.2 Å². The van der Waals surface area contributed by atoms with Crippen molar-refractivity contribution in [3.05, 3.63) is 75.1 Å². The highest BCUT2D eigenvalue weighted by Crippen LogP contribution is 2.47. The minimum absolute atomic E-state index is 0.296. The lowest BCUT2D eigenvalue weighted by Gasteiger charge is -2.44. The maximum absolute atomic E-state index is 7.30. The van der Waals surface area contributed by atoms with Crippen molar-refractivity contribution in [1.29, 1.82) is 0 Å². The lowest BCUT2D eigenvalue weighted by Crippen LogP contribution is -2.48. The normalized spacial score (nSPS) is 13.2. The number of halogens is 1. The lowest BCUT2D eigenvalue weighted by atomic mass is 10.1. The van der Waals surface area contributed by atoms with Gasteiger partial charge in [-0.25, -0.2) is 4.68 Å². The number of hydrogen-bond acceptors (Lipinski definition) is 4. The molecule has 2 aromatic carbocycles. The molecule has 178 valence electrons. The average molecular weight is 578 g/mol. The Balaban J connectivity index is 2.09. The van der Waals surface area contributed by atoms with Crippen LogP contribution in [-0.2, 0) is 11.0 Å². The largest absolute Gasteiger partial charge is 0.496 e. The lowest BCUT2D eigenvalue weighted by molar-refractivity contribution is 0.207. The number of benzene rings is 2. The monoisotopic (exact) mass is 577 g/mol. The number of rotatable bonds is 10. The zero-order valence-electron chi connectivity index (χ0n) is 20.7. The van der Waals surface area contributed by atoms with Crippen molar-refractivity contribution in [3.63, 3.8) is 0 Å². The zero-order chi connectivity index (χ0) is 24.2. The van der Waals surface area contributed by atoms with E-state index in [1.807, 2.05) is 41.2 Å². The van der Waals surface area contributed by atoms with Crippen molar-refractivity contribution in [3.8, 4) is 5.75 Å². The molecule has 0 saturated heterocycles. The molecule has 5 nitrogen and oxygen atoms in total. The second-order valence-corrected chi connectivity index (χ2v) is 16.0. The summed E-state index contributed by atoms with van der Waals surface area (Å²) in [6.07, 6.45) is 1.74. The fourth-order valence-electron chi connectivity index (χ4n) is 5.06. The maximum atomic E-state index is 7.30. The van der Waals surface area contributed by atoms with E-state index < -0.39 is 8.32 Å². The van der Waals surface area contributed by atoms with Crippen molar-refractivity contribution >= 4 is 30.9 Å². The van der Waals surface area contributed by atoms with Crippen LogP contribution in [-0.4, -0.2) is 30.4 Å². The molecule has 1 atom stereocenters. The molecule has 7 heteroatoms. The summed E-state index contributed by atoms with van der Waals surface area (Å²) in [7, 11) is -0.482. The fraction of sp³-hybridized carbons (Fsp3) is 0.462. The van der Waals surface area contributed by atoms with Gasteiger partial charge in [-0.3, -0.25) is 0 Å². The molecule has 0 bridgehead atoms. The van der Waals surface area contributed by atoms with Gasteiger partial charge in [0.05, 0.1) is 23.4 Å². The second-order valence-electron chi connectivity index (χ2n) is 9.51. The Morgan fingerprint density at radius 1 is 0.909 bits per heavy atom. The van der Waals surface area contributed by atoms with Crippen LogP contribution in [0.3, 0.4) is 0 Å². The van der Waals surface area contributed by atoms with E-state index in [1.165, 1.54) is 5.56 Å². The Hall–Kier alpha value is -1.71. The van der Waals surface area contributed by atoms with Crippen molar-refractivity contribution in [2.24, 2.45) is 0 Å². The molecule has 0 saturated carbocycles. The van der Waals surface area contributed by atoms with E-state index in [0.29, 0.717) is 23.2 Å². The minimum Gasteiger partial charge on any atom is -0.496 e. The molecule has 0 radical (unpaired) electrons. The number of methoxy groups -OCH3 is 1. The van der Waals surface area contributed by atoms with Crippen LogP contribution in [0, 0.1) is 3.57 Å². The Kier molecular flexibility index (Phi) is 8.74. The van der Waals surface area contributed by atoms with Crippen LogP contribution in [0.1, 0.15) is 64.5 Å². The van der Waals surface area contributed by atoms with Crippen molar-refractivity contribution in [2.75, 3.05) is 7.11 Å². The summed E-state index contributed by atoms with van der Waals surface area (Å²) in [5.74, 6) is 0.851. The van der Waals surface area contributed by atoms with Crippen LogP contribution in [0.2, 0.25) is 16.6 Å². The molecule has 1 aromatic heterocycles. The molecule has 33 heavy (non-hydrogen) atoms. The Morgan fingerprint density at radius 2 is 1.55 bits per heavy atom. The van der Waals surface area contributed by atoms with Crippen molar-refractivity contribution in [1.82, 2.24) is 15.0 Å². The van der Waals surface area contributed by atoms with Gasteiger partial charge in [0.2, 0.25) is 8.32 Å². The van der Waals surface area contributed by atoms with Crippen LogP contribution >= 0.6 is 22.6 Å². The summed E-state index contributed by atoms with van der Waals surface area (Å²) < 4.78 is 15.9. The molecule has 1 heterocycles. The standard InChI is InChI=1S/C26H36IN3O2Si/c1-18(2)33(19(3)4,20(5)6)32-26(22-14-11-15-24(31-7)25(22)27)23-17-30(29-28-23)16-21-12-9-8-10-13-21/h8-15,17-20,26H,16H2,1-7H3/t26-/m1/s1. The van der Waals surface area contributed by atoms with E-state index in [-0.39, 0.29) is 6.10 Å². The smallest absolute Gasteiger partial charge is 0.201 e. The summed E-state index contributed by atoms with van der Waals surface area (Å²) >= 11 is 2.37. The second kappa shape index (κ2) is 11.1. The van der Waals surface area contributed by atoms with Crippen molar-refractivity contribution < 1.29 is 9.16 Å². The molecule has 0 fully saturated rings. The minimum atomic E-state index is -2.19. The molecule has 0 aliphatic carbocycles. The van der Waals surface area contributed by atoms with Gasteiger partial charge in [0.25, 0.3) is 0 Å². The van der Waals surface area contributed by atoms with Gasteiger partial charge >= 0.3 is 0 Å². The third kappa shape index (κ3) is 5.52. The molecular formula is C26H36IN3O2Si. The Morgan fingerprint density at radius 3 is 2.12 bits per heavy atom. The molecule has 0 aliphatic rings. The van der Waals surface area contributed by atoms with Gasteiger partial charge in [0.1, 0.15) is 17.5 Å². The number of ether oxygens (including phenoxy) is 1. The molecule has 0 aliphatic heterocycles. The predicted molar refractivity (Wildman–Crippen MR) is 145 cm³/mol. The Bertz CT molecular complexity index is 1020. The van der Waals surface area contributed by atoms with Crippen LogP contribution in [0.25, 0.3) is 0 Å². The first kappa shape index (κ1) is 25.9. The van der Waals surface area contributed by atoms with Gasteiger partial charge in [-0.2, -0.15) is 0 Å². The highest BCUT2D eigenvalue weighted by atomic mass is 127. The molecule has 0 amide bonds. The van der Waals surface area contributed by atoms with E-state index in [1.54, 1.807) is 7.11 Å². The maximum Gasteiger partial charge on any atom is 0.201 e. The van der Waals surface area contributed by atoms with Crippen molar-refractivity contribution in [2.45, 2.75) is 70.8 Å². The predicted octanol–water partition coefficient (Wildman–Crippen LogP) is 7.22. The fourth-order valence-corrected chi connectivity index (χ4v) is 11.4. The van der Waals surface area contributed by atoms with E-state index in [9.17, 15) is 0 Å². The van der Waals surface area contributed by atoms with Gasteiger partial charge in [0, 0.05) is 5.56 Å². The highest BCUT2D eigenvalue weighted by molar-refractivity contribution is 14.1. The summed E-state index contributed by atoms with van der Waals surface area (Å²) in [4.78, 5) is 0. The summed E-state index contributed by atoms with van der Waals surface area (Å²) in [5.41, 5.74) is 4.50. The first-order chi connectivity index (χ1) is 15.7. The first-order valence-corrected chi connectivity index (χ1v) is 14.9. The Labute approximate surface area is 213 Å². The van der Waals surface area contributed by atoms with Gasteiger partial charge in [-0.1, -0.05) is 89.2 Å². The van der Waals surface area contributed by atoms with Crippen LogP contribution in [0.4, 0.5) is 0 Å². The average Bonchev–Trinajstić information content (AvgIpc) is 3.23. The molecule has 0 spiro atoms. The SMILES string of the molecule is COc1cccc([C@@H](O[Si](C(C)C)(C(C)C)C(C)C)c2cn(Cc3ccccc3)nn2)c1I. The summed E-state index contributed by atoms with van der Waals surface area (Å²) in [6, 6.07) is 16.5. The van der Waals surface area contributed by atoms with Gasteiger partial charge in [0.15, 0.2) is 0 Å². The van der Waals surface area contributed by atoms with E-state index >= 15 is 0 Å². The third-order valence-corrected chi connectivity index (χ3v) is 13.7. The van der Waals surface area contributed by atoms with Crippen LogP contribution in [0.15, 0.2) is 54.7 Å². The van der Waals surface area contributed by atoms with Crippen LogP contribution in [0.5, 0.6) is 5.75 Å². The number of nitrogens with zero attached hydrogens (tertiary/aromatic N) is 3. The molecular weight excluding hydrogens is 541 g/mol. The highest BCUT2D eigenvalue weighted by Gasteiger charge is 2.47. The van der Waals surface area contributed by atoms with Crippen LogP contribution < -0.4 is 4.74 Å². The van der Waals surface area contributed by atoms with E-state index in [2.05, 4.69) is 92.6 Å². The quantitative estimate of drug-likeness (QED) is 0.189. The van der Waals surface area contributed by atoms with Gasteiger partial charge in [-0.15, -0.1) is 5.10 Å². The molecule has 3 rings (SSSR count). The molecule has 3 aromatic rings. The number of aromatic nitrogens is 3. The summed E-state index contributed by atoms with van der Waals surface area (Å²) in [5, 5.41) is 9.08. The zero-order valence-corrected chi connectivity index (χ0v) is 23.9. The van der Waals surface area contributed by atoms with E-state index in [0.717, 1.165) is 20.6 Å². The van der Waals surface area contributed by atoms with Gasteiger partial charge < -0.3 is 9.16 Å². The molecule has 0 unspecified atom stereocenters. The van der Waals surface area contributed by atoms with E-state index in [4.69, 9.17) is 9.16 Å². The van der Waals surface area contributed by atoms with Gasteiger partial charge in [-0.05, 0) is 50.8 Å². The molecule has 0 N–H and O–H groups in total. The third-order valence-electron chi connectivity index (χ3n) is 6.54. The summed E-state index contributed by atoms with van der Waals surface area (Å²) in [6.45, 7) is 14.5.